The van der Waals surface area contributed by atoms with Crippen LogP contribution >= 0.6 is 11.6 Å². The van der Waals surface area contributed by atoms with Crippen LogP contribution in [0.4, 0.5) is 0 Å². The van der Waals surface area contributed by atoms with Gasteiger partial charge in [-0.2, -0.15) is 0 Å². The normalized spacial score (nSPS) is 17.5. The Bertz CT molecular complexity index is 559. The summed E-state index contributed by atoms with van der Waals surface area (Å²) in [4.78, 5) is 6.91. The first kappa shape index (κ1) is 13.6. The van der Waals surface area contributed by atoms with Crippen LogP contribution in [0.15, 0.2) is 34.9 Å². The lowest BCUT2D eigenvalue weighted by Crippen LogP contribution is -2.39. The molecule has 4 nitrogen and oxygen atoms in total. The second kappa shape index (κ2) is 5.95. The van der Waals surface area contributed by atoms with Gasteiger partial charge in [0, 0.05) is 36.3 Å². The van der Waals surface area contributed by atoms with Crippen molar-refractivity contribution < 1.29 is 4.42 Å². The van der Waals surface area contributed by atoms with Gasteiger partial charge in [-0.15, -0.1) is 0 Å². The fourth-order valence-corrected chi connectivity index (χ4v) is 2.57. The number of hydrogen-bond donors (Lipinski definition) is 1. The monoisotopic (exact) mass is 291 g/mol. The largest absolute Gasteiger partial charge is 0.444 e. The van der Waals surface area contributed by atoms with Crippen molar-refractivity contribution in [1.82, 2.24) is 9.88 Å². The van der Waals surface area contributed by atoms with Crippen molar-refractivity contribution >= 4 is 11.6 Å². The molecule has 0 saturated carbocycles. The van der Waals surface area contributed by atoms with E-state index in [4.69, 9.17) is 21.8 Å². The Kier molecular flexibility index (Phi) is 4.05. The fourth-order valence-electron chi connectivity index (χ4n) is 2.44. The molecule has 2 N–H and O–H groups in total. The first-order chi connectivity index (χ1) is 9.70. The number of oxazole rings is 1. The Morgan fingerprint density at radius 3 is 2.65 bits per heavy atom. The molecule has 1 aromatic heterocycles. The van der Waals surface area contributed by atoms with E-state index in [1.165, 1.54) is 0 Å². The molecule has 1 aliphatic heterocycles. The molecule has 0 amide bonds. The minimum atomic E-state index is 0.355. The molecule has 0 unspecified atom stereocenters. The Morgan fingerprint density at radius 1 is 1.25 bits per heavy atom. The van der Waals surface area contributed by atoms with Gasteiger partial charge < -0.3 is 10.2 Å². The lowest BCUT2D eigenvalue weighted by Gasteiger charge is -2.29. The summed E-state index contributed by atoms with van der Waals surface area (Å²) in [6.45, 7) is 2.89. The molecule has 1 saturated heterocycles. The Morgan fingerprint density at radius 2 is 1.95 bits per heavy atom. The lowest BCUT2D eigenvalue weighted by atomic mass is 10.1. The van der Waals surface area contributed by atoms with E-state index in [-0.39, 0.29) is 0 Å². The highest BCUT2D eigenvalue weighted by Gasteiger charge is 2.17. The number of aromatic nitrogens is 1. The average molecular weight is 292 g/mol. The van der Waals surface area contributed by atoms with Crippen LogP contribution in [0.25, 0.3) is 11.5 Å². The van der Waals surface area contributed by atoms with Gasteiger partial charge in [-0.3, -0.25) is 4.90 Å². The second-order valence-electron chi connectivity index (χ2n) is 5.26. The number of nitrogens with two attached hydrogens (primary N) is 1. The maximum Gasteiger partial charge on any atom is 0.226 e. The maximum absolute atomic E-state index is 5.91. The number of halogens is 1. The lowest BCUT2D eigenvalue weighted by molar-refractivity contribution is 0.203. The molecule has 1 aromatic carbocycles. The summed E-state index contributed by atoms with van der Waals surface area (Å²) in [6, 6.07) is 7.86. The third kappa shape index (κ3) is 3.20. The van der Waals surface area contributed by atoms with Crippen LogP contribution in [0.1, 0.15) is 18.5 Å². The zero-order chi connectivity index (χ0) is 13.9. The Hall–Kier alpha value is -1.36. The number of piperidine rings is 1. The van der Waals surface area contributed by atoms with Gasteiger partial charge >= 0.3 is 0 Å². The van der Waals surface area contributed by atoms with Crippen molar-refractivity contribution in [3.05, 3.63) is 41.2 Å². The van der Waals surface area contributed by atoms with Gasteiger partial charge in [0.15, 0.2) is 0 Å². The van der Waals surface area contributed by atoms with E-state index in [0.717, 1.165) is 43.7 Å². The maximum atomic E-state index is 5.91. The first-order valence-electron chi connectivity index (χ1n) is 6.89. The smallest absolute Gasteiger partial charge is 0.226 e. The Balaban J connectivity index is 1.66. The summed E-state index contributed by atoms with van der Waals surface area (Å²) in [6.07, 6.45) is 3.85. The third-order valence-corrected chi connectivity index (χ3v) is 3.91. The molecule has 20 heavy (non-hydrogen) atoms. The number of hydrogen-bond acceptors (Lipinski definition) is 4. The van der Waals surface area contributed by atoms with E-state index in [0.29, 0.717) is 17.0 Å². The molecular formula is C15H18ClN3O. The van der Waals surface area contributed by atoms with Crippen LogP contribution in [0.2, 0.25) is 5.02 Å². The summed E-state index contributed by atoms with van der Waals surface area (Å²) in [5, 5.41) is 0.713. The fraction of sp³-hybridized carbons (Fsp3) is 0.400. The molecule has 5 heteroatoms. The molecule has 1 aliphatic rings. The first-order valence-corrected chi connectivity index (χ1v) is 7.27. The van der Waals surface area contributed by atoms with E-state index in [2.05, 4.69) is 9.88 Å². The van der Waals surface area contributed by atoms with Crippen LogP contribution in [-0.4, -0.2) is 29.0 Å². The molecular weight excluding hydrogens is 274 g/mol. The zero-order valence-electron chi connectivity index (χ0n) is 11.3. The highest BCUT2D eigenvalue weighted by molar-refractivity contribution is 6.30. The highest BCUT2D eigenvalue weighted by Crippen LogP contribution is 2.21. The minimum absolute atomic E-state index is 0.355. The van der Waals surface area contributed by atoms with Crippen LogP contribution in [0.3, 0.4) is 0 Å². The van der Waals surface area contributed by atoms with Crippen molar-refractivity contribution in [3.8, 4) is 11.5 Å². The molecule has 0 radical (unpaired) electrons. The van der Waals surface area contributed by atoms with E-state index < -0.39 is 0 Å². The van der Waals surface area contributed by atoms with Gasteiger partial charge in [0.2, 0.25) is 5.89 Å². The average Bonchev–Trinajstić information content (AvgIpc) is 2.91. The molecule has 106 valence electrons. The number of benzene rings is 1. The standard InChI is InChI=1S/C15H18ClN3O/c16-12-3-1-11(2-4-12)15-18-14(10-20-15)9-19-7-5-13(17)6-8-19/h1-4,10,13H,5-9,17H2. The van der Waals surface area contributed by atoms with E-state index in [9.17, 15) is 0 Å². The van der Waals surface area contributed by atoms with Crippen molar-refractivity contribution in [1.29, 1.82) is 0 Å². The van der Waals surface area contributed by atoms with Crippen molar-refractivity contribution in [2.24, 2.45) is 5.73 Å². The van der Waals surface area contributed by atoms with Crippen molar-refractivity contribution in [2.45, 2.75) is 25.4 Å². The predicted octanol–water partition coefficient (Wildman–Crippen LogP) is 2.92. The summed E-state index contributed by atoms with van der Waals surface area (Å²) in [7, 11) is 0. The summed E-state index contributed by atoms with van der Waals surface area (Å²) >= 11 is 5.88. The van der Waals surface area contributed by atoms with Crippen LogP contribution < -0.4 is 5.73 Å². The minimum Gasteiger partial charge on any atom is -0.444 e. The highest BCUT2D eigenvalue weighted by atomic mass is 35.5. The van der Waals surface area contributed by atoms with Crippen LogP contribution in [0, 0.1) is 0 Å². The third-order valence-electron chi connectivity index (χ3n) is 3.66. The molecule has 0 bridgehead atoms. The molecule has 0 spiro atoms. The van der Waals surface area contributed by atoms with Gasteiger partial charge in [-0.1, -0.05) is 11.6 Å². The SMILES string of the molecule is NC1CCN(Cc2coc(-c3ccc(Cl)cc3)n2)CC1. The predicted molar refractivity (Wildman–Crippen MR) is 79.4 cm³/mol. The molecule has 0 atom stereocenters. The van der Waals surface area contributed by atoms with Gasteiger partial charge in [0.25, 0.3) is 0 Å². The Labute approximate surface area is 123 Å². The van der Waals surface area contributed by atoms with Crippen molar-refractivity contribution in [2.75, 3.05) is 13.1 Å². The van der Waals surface area contributed by atoms with Gasteiger partial charge in [0.1, 0.15) is 6.26 Å². The molecule has 0 aliphatic carbocycles. The topological polar surface area (TPSA) is 55.3 Å². The summed E-state index contributed by atoms with van der Waals surface area (Å²) < 4.78 is 5.55. The molecule has 3 rings (SSSR count). The van der Waals surface area contributed by atoms with Crippen LogP contribution in [-0.2, 0) is 6.54 Å². The summed E-state index contributed by atoms with van der Waals surface area (Å²) in [5.74, 6) is 0.644. The zero-order valence-corrected chi connectivity index (χ0v) is 12.0. The van der Waals surface area contributed by atoms with Crippen LogP contribution in [0.5, 0.6) is 0 Å². The number of likely N-dealkylation sites (tertiary alicyclic amines) is 1. The van der Waals surface area contributed by atoms with Gasteiger partial charge in [-0.05, 0) is 37.1 Å². The van der Waals surface area contributed by atoms with E-state index in [1.807, 2.05) is 24.3 Å². The van der Waals surface area contributed by atoms with Gasteiger partial charge in [-0.25, -0.2) is 4.98 Å². The van der Waals surface area contributed by atoms with Crippen molar-refractivity contribution in [3.63, 3.8) is 0 Å². The second-order valence-corrected chi connectivity index (χ2v) is 5.70. The number of nitrogens with zero attached hydrogens (tertiary/aromatic N) is 2. The number of rotatable bonds is 3. The quantitative estimate of drug-likeness (QED) is 0.945. The van der Waals surface area contributed by atoms with E-state index >= 15 is 0 Å². The summed E-state index contributed by atoms with van der Waals surface area (Å²) in [5.41, 5.74) is 7.82. The van der Waals surface area contributed by atoms with E-state index in [1.54, 1.807) is 6.26 Å². The molecule has 1 fully saturated rings. The molecule has 2 heterocycles. The molecule has 2 aromatic rings. The van der Waals surface area contributed by atoms with Gasteiger partial charge in [0.05, 0.1) is 5.69 Å².